The molecule has 0 unspecified atom stereocenters. The molecule has 0 aliphatic rings. The van der Waals surface area contributed by atoms with E-state index in [1.54, 1.807) is 12.1 Å². The van der Waals surface area contributed by atoms with Gasteiger partial charge in [-0.05, 0) is 55.1 Å². The first-order chi connectivity index (χ1) is 9.10. The fraction of sp³-hybridized carbons (Fsp3) is 0.200. The molecule has 2 aromatic carbocycles. The van der Waals surface area contributed by atoms with E-state index < -0.39 is 0 Å². The van der Waals surface area contributed by atoms with E-state index in [0.717, 1.165) is 16.9 Å². The normalized spacial score (nSPS) is 10.5. The maximum atomic E-state index is 13.6. The Balaban J connectivity index is 2.32. The van der Waals surface area contributed by atoms with Crippen molar-refractivity contribution >= 4 is 11.4 Å². The van der Waals surface area contributed by atoms with Crippen LogP contribution in [0.5, 0.6) is 0 Å². The highest BCUT2D eigenvalue weighted by atomic mass is 19.1. The Hall–Kier alpha value is -1.94. The van der Waals surface area contributed by atoms with Crippen LogP contribution in [0.1, 0.15) is 5.56 Å². The Kier molecular flexibility index (Phi) is 4.12. The molecule has 4 heteroatoms. The summed E-state index contributed by atoms with van der Waals surface area (Å²) in [5.41, 5.74) is 2.41. The minimum Gasteiger partial charge on any atom is -0.345 e. The first-order valence-corrected chi connectivity index (χ1v) is 6.03. The van der Waals surface area contributed by atoms with Crippen LogP contribution in [0.15, 0.2) is 42.5 Å². The number of nitrogens with one attached hydrogen (secondary N) is 1. The molecule has 0 fully saturated rings. The van der Waals surface area contributed by atoms with E-state index in [4.69, 9.17) is 0 Å². The van der Waals surface area contributed by atoms with Crippen LogP contribution >= 0.6 is 0 Å². The first kappa shape index (κ1) is 13.5. The van der Waals surface area contributed by atoms with Crippen molar-refractivity contribution in [2.45, 2.75) is 6.54 Å². The molecule has 0 heterocycles. The first-order valence-electron chi connectivity index (χ1n) is 6.03. The zero-order chi connectivity index (χ0) is 13.8. The molecule has 1 N–H and O–H groups in total. The lowest BCUT2D eigenvalue weighted by atomic mass is 10.1. The SMILES string of the molecule is CNCc1cc(F)cc(N(C)c2ccc(F)cc2)c1. The second kappa shape index (κ2) is 5.80. The molecule has 0 radical (unpaired) electrons. The van der Waals surface area contributed by atoms with E-state index in [1.807, 2.05) is 25.1 Å². The van der Waals surface area contributed by atoms with Gasteiger partial charge in [0.25, 0.3) is 0 Å². The molecule has 0 amide bonds. The topological polar surface area (TPSA) is 15.3 Å². The minimum atomic E-state index is -0.285. The second-order valence-corrected chi connectivity index (χ2v) is 4.38. The van der Waals surface area contributed by atoms with E-state index in [-0.39, 0.29) is 11.6 Å². The molecule has 0 saturated carbocycles. The summed E-state index contributed by atoms with van der Waals surface area (Å²) in [6, 6.07) is 11.0. The Bertz CT molecular complexity index is 553. The van der Waals surface area contributed by atoms with Crippen LogP contribution in [-0.4, -0.2) is 14.1 Å². The van der Waals surface area contributed by atoms with Gasteiger partial charge in [0.15, 0.2) is 0 Å². The van der Waals surface area contributed by atoms with E-state index in [2.05, 4.69) is 5.32 Å². The Morgan fingerprint density at radius 1 is 0.947 bits per heavy atom. The maximum absolute atomic E-state index is 13.6. The number of benzene rings is 2. The third kappa shape index (κ3) is 3.29. The van der Waals surface area contributed by atoms with Gasteiger partial charge < -0.3 is 10.2 Å². The van der Waals surface area contributed by atoms with Gasteiger partial charge in [-0.3, -0.25) is 0 Å². The number of anilines is 2. The van der Waals surface area contributed by atoms with Crippen molar-refractivity contribution in [1.82, 2.24) is 5.32 Å². The summed E-state index contributed by atoms with van der Waals surface area (Å²) in [4.78, 5) is 1.82. The number of hydrogen-bond donors (Lipinski definition) is 1. The minimum absolute atomic E-state index is 0.281. The molecular weight excluding hydrogens is 246 g/mol. The van der Waals surface area contributed by atoms with Gasteiger partial charge in [-0.15, -0.1) is 0 Å². The third-order valence-corrected chi connectivity index (χ3v) is 2.92. The fourth-order valence-corrected chi connectivity index (χ4v) is 1.95. The quantitative estimate of drug-likeness (QED) is 0.907. The summed E-state index contributed by atoms with van der Waals surface area (Å²) in [6.07, 6.45) is 0. The van der Waals surface area contributed by atoms with E-state index in [0.29, 0.717) is 6.54 Å². The lowest BCUT2D eigenvalue weighted by Crippen LogP contribution is -2.11. The predicted octanol–water partition coefficient (Wildman–Crippen LogP) is 3.45. The van der Waals surface area contributed by atoms with Crippen molar-refractivity contribution in [3.63, 3.8) is 0 Å². The summed E-state index contributed by atoms with van der Waals surface area (Å²) in [6.45, 7) is 0.599. The Morgan fingerprint density at radius 3 is 2.26 bits per heavy atom. The summed E-state index contributed by atoms with van der Waals surface area (Å²) >= 11 is 0. The molecule has 0 aromatic heterocycles. The molecule has 2 aromatic rings. The van der Waals surface area contributed by atoms with Crippen LogP contribution in [0.25, 0.3) is 0 Å². The number of halogens is 2. The monoisotopic (exact) mass is 262 g/mol. The third-order valence-electron chi connectivity index (χ3n) is 2.92. The summed E-state index contributed by atoms with van der Waals surface area (Å²) in [5.74, 6) is -0.566. The van der Waals surface area contributed by atoms with E-state index in [9.17, 15) is 8.78 Å². The molecule has 19 heavy (non-hydrogen) atoms. The lowest BCUT2D eigenvalue weighted by Gasteiger charge is -2.20. The van der Waals surface area contributed by atoms with Gasteiger partial charge in [-0.25, -0.2) is 8.78 Å². The van der Waals surface area contributed by atoms with Gasteiger partial charge in [0, 0.05) is 25.0 Å². The van der Waals surface area contributed by atoms with Crippen LogP contribution in [0.2, 0.25) is 0 Å². The van der Waals surface area contributed by atoms with Crippen LogP contribution in [-0.2, 0) is 6.54 Å². The Morgan fingerprint density at radius 2 is 1.63 bits per heavy atom. The number of rotatable bonds is 4. The van der Waals surface area contributed by atoms with Crippen molar-refractivity contribution in [1.29, 1.82) is 0 Å². The average molecular weight is 262 g/mol. The highest BCUT2D eigenvalue weighted by Crippen LogP contribution is 2.25. The van der Waals surface area contributed by atoms with Crippen molar-refractivity contribution in [2.75, 3.05) is 19.0 Å². The fourth-order valence-electron chi connectivity index (χ4n) is 1.95. The summed E-state index contributed by atoms with van der Waals surface area (Å²) in [5, 5.41) is 2.99. The van der Waals surface area contributed by atoms with Crippen molar-refractivity contribution in [3.05, 3.63) is 59.7 Å². The molecule has 0 aliphatic carbocycles. The van der Waals surface area contributed by atoms with Gasteiger partial charge in [-0.1, -0.05) is 0 Å². The van der Waals surface area contributed by atoms with Gasteiger partial charge in [-0.2, -0.15) is 0 Å². The van der Waals surface area contributed by atoms with Gasteiger partial charge in [0.2, 0.25) is 0 Å². The largest absolute Gasteiger partial charge is 0.345 e. The molecule has 100 valence electrons. The molecule has 0 bridgehead atoms. The van der Waals surface area contributed by atoms with Crippen molar-refractivity contribution in [3.8, 4) is 0 Å². The van der Waals surface area contributed by atoms with Gasteiger partial charge in [0.05, 0.1) is 0 Å². The van der Waals surface area contributed by atoms with Crippen molar-refractivity contribution in [2.24, 2.45) is 0 Å². The molecule has 2 nitrogen and oxygen atoms in total. The zero-order valence-corrected chi connectivity index (χ0v) is 11.0. The second-order valence-electron chi connectivity index (χ2n) is 4.38. The van der Waals surface area contributed by atoms with Crippen LogP contribution in [0.3, 0.4) is 0 Å². The summed E-state index contributed by atoms with van der Waals surface area (Å²) in [7, 11) is 3.64. The Labute approximate surface area is 111 Å². The molecule has 0 spiro atoms. The highest BCUT2D eigenvalue weighted by Gasteiger charge is 2.07. The highest BCUT2D eigenvalue weighted by molar-refractivity contribution is 5.63. The van der Waals surface area contributed by atoms with Gasteiger partial charge >= 0.3 is 0 Å². The molecule has 0 aliphatic heterocycles. The van der Waals surface area contributed by atoms with E-state index in [1.165, 1.54) is 24.3 Å². The molecular formula is C15H16F2N2. The average Bonchev–Trinajstić information content (AvgIpc) is 2.38. The molecule has 0 saturated heterocycles. The number of hydrogen-bond acceptors (Lipinski definition) is 2. The maximum Gasteiger partial charge on any atom is 0.125 e. The van der Waals surface area contributed by atoms with Crippen LogP contribution in [0.4, 0.5) is 20.2 Å². The standard InChI is InChI=1S/C15H16F2N2/c1-18-10-11-7-13(17)9-15(8-11)19(2)14-5-3-12(16)4-6-14/h3-9,18H,10H2,1-2H3. The van der Waals surface area contributed by atoms with Gasteiger partial charge in [0.1, 0.15) is 11.6 Å². The summed E-state index contributed by atoms with van der Waals surface area (Å²) < 4.78 is 26.5. The zero-order valence-electron chi connectivity index (χ0n) is 11.0. The lowest BCUT2D eigenvalue weighted by molar-refractivity contribution is 0.623. The smallest absolute Gasteiger partial charge is 0.125 e. The molecule has 0 atom stereocenters. The molecule has 2 rings (SSSR count). The number of nitrogens with zero attached hydrogens (tertiary/aromatic N) is 1. The van der Waals surface area contributed by atoms with E-state index >= 15 is 0 Å². The van der Waals surface area contributed by atoms with Crippen LogP contribution < -0.4 is 10.2 Å². The van der Waals surface area contributed by atoms with Crippen molar-refractivity contribution < 1.29 is 8.78 Å². The predicted molar refractivity (Wildman–Crippen MR) is 73.6 cm³/mol. The van der Waals surface area contributed by atoms with Crippen LogP contribution in [0, 0.1) is 11.6 Å².